The van der Waals surface area contributed by atoms with Crippen molar-refractivity contribution in [2.45, 2.75) is 58.5 Å². The molecule has 1 aromatic rings. The molecule has 2 aliphatic carbocycles. The molecule has 0 heterocycles. The fraction of sp³-hybridized carbons (Fsp3) is 0.632. The third-order valence-electron chi connectivity index (χ3n) is 5.90. The van der Waals surface area contributed by atoms with E-state index in [4.69, 9.17) is 4.74 Å². The lowest BCUT2D eigenvalue weighted by atomic mass is 9.56. The summed E-state index contributed by atoms with van der Waals surface area (Å²) in [6.07, 6.45) is 7.67. The van der Waals surface area contributed by atoms with E-state index in [1.54, 1.807) is 0 Å². The number of esters is 1. The molecule has 2 saturated carbocycles. The Morgan fingerprint density at radius 1 is 1.14 bits per heavy atom. The third kappa shape index (κ3) is 2.86. The van der Waals surface area contributed by atoms with Gasteiger partial charge in [-0.25, -0.2) is 4.79 Å². The first kappa shape index (κ1) is 14.6. The molecule has 0 bridgehead atoms. The smallest absolute Gasteiger partial charge is 0.338 e. The Labute approximate surface area is 127 Å². The summed E-state index contributed by atoms with van der Waals surface area (Å²) < 4.78 is 5.84. The van der Waals surface area contributed by atoms with Crippen LogP contribution >= 0.6 is 0 Å². The number of carbonyl (C=O) groups is 1. The van der Waals surface area contributed by atoms with Crippen LogP contribution in [0.5, 0.6) is 0 Å². The van der Waals surface area contributed by atoms with Crippen LogP contribution in [0.1, 0.15) is 62.7 Å². The average Bonchev–Trinajstić information content (AvgIpc) is 2.51. The first-order valence-electron chi connectivity index (χ1n) is 8.36. The number of fused-ring (bicyclic) bond motifs is 1. The van der Waals surface area contributed by atoms with Crippen molar-refractivity contribution >= 4 is 5.97 Å². The van der Waals surface area contributed by atoms with Crippen LogP contribution in [0.3, 0.4) is 0 Å². The molecule has 21 heavy (non-hydrogen) atoms. The zero-order valence-corrected chi connectivity index (χ0v) is 13.2. The minimum atomic E-state index is -0.160. The second kappa shape index (κ2) is 5.82. The Morgan fingerprint density at radius 3 is 2.67 bits per heavy atom. The van der Waals surface area contributed by atoms with Crippen molar-refractivity contribution in [1.29, 1.82) is 0 Å². The van der Waals surface area contributed by atoms with Crippen LogP contribution in [-0.4, -0.2) is 12.1 Å². The second-order valence-corrected chi connectivity index (χ2v) is 7.21. The lowest BCUT2D eigenvalue weighted by Crippen LogP contribution is -2.46. The van der Waals surface area contributed by atoms with Gasteiger partial charge in [-0.15, -0.1) is 0 Å². The Morgan fingerprint density at radius 2 is 1.90 bits per heavy atom. The van der Waals surface area contributed by atoms with Gasteiger partial charge in [-0.05, 0) is 55.1 Å². The van der Waals surface area contributed by atoms with E-state index in [2.05, 4.69) is 13.8 Å². The molecule has 3 rings (SSSR count). The Hall–Kier alpha value is -1.31. The predicted molar refractivity (Wildman–Crippen MR) is 84.1 cm³/mol. The zero-order chi connectivity index (χ0) is 14.9. The second-order valence-electron chi connectivity index (χ2n) is 7.21. The third-order valence-corrected chi connectivity index (χ3v) is 5.90. The number of hydrogen-bond donors (Lipinski definition) is 0. The van der Waals surface area contributed by atoms with Gasteiger partial charge >= 0.3 is 5.97 Å². The van der Waals surface area contributed by atoms with Gasteiger partial charge in [-0.3, -0.25) is 0 Å². The van der Waals surface area contributed by atoms with Crippen molar-refractivity contribution in [2.24, 2.45) is 17.3 Å². The largest absolute Gasteiger partial charge is 0.458 e. The van der Waals surface area contributed by atoms with E-state index in [0.717, 1.165) is 6.42 Å². The molecule has 114 valence electrons. The van der Waals surface area contributed by atoms with E-state index < -0.39 is 0 Å². The molecule has 0 N–H and O–H groups in total. The van der Waals surface area contributed by atoms with Gasteiger partial charge in [0.1, 0.15) is 6.10 Å². The monoisotopic (exact) mass is 286 g/mol. The van der Waals surface area contributed by atoms with Gasteiger partial charge in [-0.2, -0.15) is 0 Å². The van der Waals surface area contributed by atoms with E-state index in [-0.39, 0.29) is 12.1 Å². The molecule has 2 nitrogen and oxygen atoms in total. The summed E-state index contributed by atoms with van der Waals surface area (Å²) in [6.45, 7) is 4.74. The van der Waals surface area contributed by atoms with E-state index in [0.29, 0.717) is 22.8 Å². The van der Waals surface area contributed by atoms with Crippen LogP contribution in [0, 0.1) is 17.3 Å². The minimum absolute atomic E-state index is 0.0916. The lowest BCUT2D eigenvalue weighted by Gasteiger charge is -2.51. The molecule has 2 heteroatoms. The first-order chi connectivity index (χ1) is 10.1. The van der Waals surface area contributed by atoms with Crippen molar-refractivity contribution in [3.63, 3.8) is 0 Å². The van der Waals surface area contributed by atoms with Gasteiger partial charge < -0.3 is 4.74 Å². The number of carbonyl (C=O) groups excluding carboxylic acids is 1. The molecule has 2 aliphatic rings. The Bertz CT molecular complexity index is 496. The van der Waals surface area contributed by atoms with Crippen molar-refractivity contribution in [1.82, 2.24) is 0 Å². The van der Waals surface area contributed by atoms with Crippen LogP contribution in [0.2, 0.25) is 0 Å². The number of ether oxygens (including phenoxy) is 1. The van der Waals surface area contributed by atoms with Crippen LogP contribution < -0.4 is 0 Å². The van der Waals surface area contributed by atoms with Crippen LogP contribution in [-0.2, 0) is 4.74 Å². The molecule has 0 amide bonds. The molecule has 2 fully saturated rings. The van der Waals surface area contributed by atoms with Crippen molar-refractivity contribution in [2.75, 3.05) is 0 Å². The molecule has 0 aliphatic heterocycles. The summed E-state index contributed by atoms with van der Waals surface area (Å²) in [4.78, 5) is 12.3. The van der Waals surface area contributed by atoms with Crippen molar-refractivity contribution < 1.29 is 9.53 Å². The maximum absolute atomic E-state index is 12.3. The summed E-state index contributed by atoms with van der Waals surface area (Å²) in [5.74, 6) is 1.04. The fourth-order valence-electron chi connectivity index (χ4n) is 4.57. The molecule has 1 aromatic carbocycles. The summed E-state index contributed by atoms with van der Waals surface area (Å²) in [5.41, 5.74) is 1.15. The first-order valence-corrected chi connectivity index (χ1v) is 8.36. The van der Waals surface area contributed by atoms with Crippen LogP contribution in [0.15, 0.2) is 30.3 Å². The van der Waals surface area contributed by atoms with Crippen molar-refractivity contribution in [3.05, 3.63) is 35.9 Å². The molecule has 0 saturated heterocycles. The van der Waals surface area contributed by atoms with Gasteiger partial charge in [-0.1, -0.05) is 44.9 Å². The molecule has 4 unspecified atom stereocenters. The fourth-order valence-corrected chi connectivity index (χ4v) is 4.57. The van der Waals surface area contributed by atoms with Gasteiger partial charge in [0.15, 0.2) is 0 Å². The zero-order valence-electron chi connectivity index (χ0n) is 13.2. The SMILES string of the molecule is CC1C(OC(=O)c2ccccc2)CCC2(C)CCCCC12. The highest BCUT2D eigenvalue weighted by Crippen LogP contribution is 2.53. The Kier molecular flexibility index (Phi) is 4.05. The van der Waals surface area contributed by atoms with Gasteiger partial charge in [0, 0.05) is 0 Å². The molecule has 0 radical (unpaired) electrons. The normalized spacial score (nSPS) is 35.8. The highest BCUT2D eigenvalue weighted by molar-refractivity contribution is 5.89. The lowest BCUT2D eigenvalue weighted by molar-refractivity contribution is -0.0673. The van der Waals surface area contributed by atoms with E-state index >= 15 is 0 Å². The summed E-state index contributed by atoms with van der Waals surface area (Å²) in [6, 6.07) is 9.37. The number of benzene rings is 1. The molecular weight excluding hydrogens is 260 g/mol. The van der Waals surface area contributed by atoms with Gasteiger partial charge in [0.2, 0.25) is 0 Å². The molecule has 0 spiro atoms. The number of rotatable bonds is 2. The summed E-state index contributed by atoms with van der Waals surface area (Å²) >= 11 is 0. The average molecular weight is 286 g/mol. The highest BCUT2D eigenvalue weighted by Gasteiger charge is 2.46. The standard InChI is InChI=1S/C19H26O2/c1-14-16-10-6-7-12-19(16,2)13-11-17(14)21-18(20)15-8-4-3-5-9-15/h3-5,8-9,14,16-17H,6-7,10-13H2,1-2H3. The van der Waals surface area contributed by atoms with E-state index in [1.807, 2.05) is 30.3 Å². The van der Waals surface area contributed by atoms with E-state index in [1.165, 1.54) is 32.1 Å². The van der Waals surface area contributed by atoms with Gasteiger partial charge in [0.25, 0.3) is 0 Å². The molecule has 4 atom stereocenters. The number of hydrogen-bond acceptors (Lipinski definition) is 2. The maximum atomic E-state index is 12.3. The quantitative estimate of drug-likeness (QED) is 0.727. The van der Waals surface area contributed by atoms with Crippen LogP contribution in [0.25, 0.3) is 0 Å². The maximum Gasteiger partial charge on any atom is 0.338 e. The molecular formula is C19H26O2. The van der Waals surface area contributed by atoms with Crippen LogP contribution in [0.4, 0.5) is 0 Å². The summed E-state index contributed by atoms with van der Waals surface area (Å²) in [7, 11) is 0. The molecule has 0 aromatic heterocycles. The van der Waals surface area contributed by atoms with E-state index in [9.17, 15) is 4.79 Å². The predicted octanol–water partition coefficient (Wildman–Crippen LogP) is 4.84. The topological polar surface area (TPSA) is 26.3 Å². The highest BCUT2D eigenvalue weighted by atomic mass is 16.5. The Balaban J connectivity index is 1.68. The minimum Gasteiger partial charge on any atom is -0.458 e. The van der Waals surface area contributed by atoms with Gasteiger partial charge in [0.05, 0.1) is 5.56 Å². The van der Waals surface area contributed by atoms with Crippen molar-refractivity contribution in [3.8, 4) is 0 Å². The summed E-state index contributed by atoms with van der Waals surface area (Å²) in [5, 5.41) is 0.